The zero-order valence-electron chi connectivity index (χ0n) is 8.86. The van der Waals surface area contributed by atoms with Crippen LogP contribution < -0.4 is 0 Å². The third kappa shape index (κ3) is 2.43. The number of imidazole rings is 1. The maximum Gasteiger partial charge on any atom is 0.143 e. The van der Waals surface area contributed by atoms with Crippen molar-refractivity contribution in [2.24, 2.45) is 7.05 Å². The third-order valence-electron chi connectivity index (χ3n) is 2.47. The predicted molar refractivity (Wildman–Crippen MR) is 68.7 cm³/mol. The maximum absolute atomic E-state index is 10.2. The van der Waals surface area contributed by atoms with E-state index >= 15 is 0 Å². The lowest BCUT2D eigenvalue weighted by Gasteiger charge is -2.12. The topological polar surface area (TPSA) is 38.0 Å². The number of aromatic nitrogens is 2. The van der Waals surface area contributed by atoms with E-state index in [0.717, 1.165) is 0 Å². The van der Waals surface area contributed by atoms with Gasteiger partial charge in [-0.15, -0.1) is 0 Å². The first kappa shape index (κ1) is 12.7. The summed E-state index contributed by atoms with van der Waals surface area (Å²) in [6.45, 7) is 0. The molecule has 2 aromatic rings. The normalized spacial score (nSPS) is 12.8. The van der Waals surface area contributed by atoms with Gasteiger partial charge < -0.3 is 9.67 Å². The summed E-state index contributed by atoms with van der Waals surface area (Å²) in [6.07, 6.45) is 0.597. The minimum atomic E-state index is -0.887. The molecule has 6 heteroatoms. The maximum atomic E-state index is 10.2. The molecule has 0 aliphatic rings. The molecule has 17 heavy (non-hydrogen) atoms. The van der Waals surface area contributed by atoms with Gasteiger partial charge in [0.2, 0.25) is 0 Å². The van der Waals surface area contributed by atoms with Crippen LogP contribution in [0.25, 0.3) is 0 Å². The van der Waals surface area contributed by atoms with Gasteiger partial charge in [0.25, 0.3) is 0 Å². The molecule has 1 atom stereocenters. The number of benzene rings is 1. The number of aliphatic hydroxyl groups excluding tert-OH is 1. The van der Waals surface area contributed by atoms with Crippen LogP contribution in [0.4, 0.5) is 0 Å². The Balaban J connectivity index is 2.40. The van der Waals surface area contributed by atoms with Crippen LogP contribution in [-0.2, 0) is 7.05 Å². The van der Waals surface area contributed by atoms with Gasteiger partial charge in [-0.05, 0) is 17.7 Å². The van der Waals surface area contributed by atoms with Crippen molar-refractivity contribution in [3.63, 3.8) is 0 Å². The highest BCUT2D eigenvalue weighted by molar-refractivity contribution is 6.42. The van der Waals surface area contributed by atoms with Crippen molar-refractivity contribution in [1.29, 1.82) is 0 Å². The van der Waals surface area contributed by atoms with Gasteiger partial charge in [-0.1, -0.05) is 40.9 Å². The van der Waals surface area contributed by atoms with E-state index < -0.39 is 6.10 Å². The SMILES string of the molecule is Cn1c(Cl)cnc1C(O)c1ccc(Cl)c(Cl)c1. The standard InChI is InChI=1S/C11H9Cl3N2O/c1-16-9(14)5-15-11(16)10(17)6-2-3-7(12)8(13)4-6/h2-5,10,17H,1H3. The fourth-order valence-electron chi connectivity index (χ4n) is 1.49. The van der Waals surface area contributed by atoms with Crippen LogP contribution in [0.1, 0.15) is 17.5 Å². The van der Waals surface area contributed by atoms with Gasteiger partial charge >= 0.3 is 0 Å². The first-order chi connectivity index (χ1) is 8.00. The molecule has 90 valence electrons. The van der Waals surface area contributed by atoms with Gasteiger partial charge in [-0.3, -0.25) is 0 Å². The first-order valence-electron chi connectivity index (χ1n) is 4.81. The molecule has 0 fully saturated rings. The molecule has 0 radical (unpaired) electrons. The monoisotopic (exact) mass is 290 g/mol. The highest BCUT2D eigenvalue weighted by Crippen LogP contribution is 2.28. The largest absolute Gasteiger partial charge is 0.380 e. The molecule has 0 saturated heterocycles. The number of aliphatic hydroxyl groups is 1. The lowest BCUT2D eigenvalue weighted by Crippen LogP contribution is -2.07. The van der Waals surface area contributed by atoms with Crippen molar-refractivity contribution < 1.29 is 5.11 Å². The Kier molecular flexibility index (Phi) is 3.64. The van der Waals surface area contributed by atoms with E-state index in [0.29, 0.717) is 26.6 Å². The van der Waals surface area contributed by atoms with Gasteiger partial charge in [-0.25, -0.2) is 4.98 Å². The van der Waals surface area contributed by atoms with E-state index in [9.17, 15) is 5.11 Å². The Labute approximate surface area is 114 Å². The summed E-state index contributed by atoms with van der Waals surface area (Å²) >= 11 is 17.6. The second-order valence-corrected chi connectivity index (χ2v) is 4.78. The smallest absolute Gasteiger partial charge is 0.143 e. The Hall–Kier alpha value is -0.740. The highest BCUT2D eigenvalue weighted by Gasteiger charge is 2.17. The Bertz CT molecular complexity index is 554. The zero-order valence-corrected chi connectivity index (χ0v) is 11.1. The van der Waals surface area contributed by atoms with Gasteiger partial charge in [0, 0.05) is 7.05 Å². The fourth-order valence-corrected chi connectivity index (χ4v) is 1.93. The lowest BCUT2D eigenvalue weighted by atomic mass is 10.1. The minimum absolute atomic E-state index is 0.392. The van der Waals surface area contributed by atoms with Crippen LogP contribution in [0.5, 0.6) is 0 Å². The molecule has 0 aliphatic carbocycles. The quantitative estimate of drug-likeness (QED) is 0.920. The number of hydrogen-bond acceptors (Lipinski definition) is 2. The summed E-state index contributed by atoms with van der Waals surface area (Å²) in [4.78, 5) is 4.05. The van der Waals surface area contributed by atoms with E-state index in [2.05, 4.69) is 4.98 Å². The second-order valence-electron chi connectivity index (χ2n) is 3.57. The van der Waals surface area contributed by atoms with Crippen LogP contribution in [0.2, 0.25) is 15.2 Å². The van der Waals surface area contributed by atoms with Crippen molar-refractivity contribution in [2.45, 2.75) is 6.10 Å². The van der Waals surface area contributed by atoms with Crippen molar-refractivity contribution >= 4 is 34.8 Å². The number of nitrogens with zero attached hydrogens (tertiary/aromatic N) is 2. The molecule has 0 bridgehead atoms. The molecule has 0 spiro atoms. The van der Waals surface area contributed by atoms with Gasteiger partial charge in [0.05, 0.1) is 16.2 Å². The van der Waals surface area contributed by atoms with Crippen LogP contribution in [-0.4, -0.2) is 14.7 Å². The molecule has 1 unspecified atom stereocenters. The molecular formula is C11H9Cl3N2O. The summed E-state index contributed by atoms with van der Waals surface area (Å²) in [5.41, 5.74) is 0.616. The van der Waals surface area contributed by atoms with E-state index in [4.69, 9.17) is 34.8 Å². The summed E-state index contributed by atoms with van der Waals surface area (Å²) in [6, 6.07) is 4.94. The Morgan fingerprint density at radius 3 is 2.47 bits per heavy atom. The number of hydrogen-bond donors (Lipinski definition) is 1. The number of halogens is 3. The molecule has 3 nitrogen and oxygen atoms in total. The molecule has 0 saturated carbocycles. The van der Waals surface area contributed by atoms with Gasteiger partial charge in [0.1, 0.15) is 17.1 Å². The molecule has 1 aromatic carbocycles. The molecule has 1 heterocycles. The Morgan fingerprint density at radius 1 is 1.24 bits per heavy atom. The van der Waals surface area contributed by atoms with Crippen LogP contribution in [0.15, 0.2) is 24.4 Å². The van der Waals surface area contributed by atoms with Gasteiger partial charge in [-0.2, -0.15) is 0 Å². The van der Waals surface area contributed by atoms with E-state index in [1.807, 2.05) is 0 Å². The summed E-state index contributed by atoms with van der Waals surface area (Å²) in [5, 5.41) is 11.5. The van der Waals surface area contributed by atoms with Crippen molar-refractivity contribution in [2.75, 3.05) is 0 Å². The molecule has 0 amide bonds. The van der Waals surface area contributed by atoms with E-state index in [1.165, 1.54) is 6.20 Å². The molecule has 0 aliphatic heterocycles. The highest BCUT2D eigenvalue weighted by atomic mass is 35.5. The van der Waals surface area contributed by atoms with E-state index in [1.54, 1.807) is 29.8 Å². The van der Waals surface area contributed by atoms with Crippen LogP contribution >= 0.6 is 34.8 Å². The average molecular weight is 292 g/mol. The third-order valence-corrected chi connectivity index (χ3v) is 3.56. The predicted octanol–water partition coefficient (Wildman–Crippen LogP) is 3.46. The van der Waals surface area contributed by atoms with Crippen LogP contribution in [0.3, 0.4) is 0 Å². The average Bonchev–Trinajstić information content (AvgIpc) is 2.63. The molecule has 2 rings (SSSR count). The summed E-state index contributed by atoms with van der Waals surface area (Å²) < 4.78 is 1.61. The zero-order chi connectivity index (χ0) is 12.6. The van der Waals surface area contributed by atoms with Crippen molar-refractivity contribution in [3.05, 3.63) is 51.0 Å². The fraction of sp³-hybridized carbons (Fsp3) is 0.182. The van der Waals surface area contributed by atoms with Crippen molar-refractivity contribution in [3.8, 4) is 0 Å². The Morgan fingerprint density at radius 2 is 1.94 bits per heavy atom. The summed E-state index contributed by atoms with van der Waals surface area (Å²) in [5.74, 6) is 0.452. The van der Waals surface area contributed by atoms with Crippen LogP contribution in [0, 0.1) is 0 Å². The molecular weight excluding hydrogens is 282 g/mol. The molecule has 1 aromatic heterocycles. The molecule has 1 N–H and O–H groups in total. The first-order valence-corrected chi connectivity index (χ1v) is 5.94. The van der Waals surface area contributed by atoms with Gasteiger partial charge in [0.15, 0.2) is 0 Å². The summed E-state index contributed by atoms with van der Waals surface area (Å²) in [7, 11) is 1.73. The number of rotatable bonds is 2. The van der Waals surface area contributed by atoms with E-state index in [-0.39, 0.29) is 0 Å². The van der Waals surface area contributed by atoms with Crippen molar-refractivity contribution in [1.82, 2.24) is 9.55 Å². The minimum Gasteiger partial charge on any atom is -0.380 e. The lowest BCUT2D eigenvalue weighted by molar-refractivity contribution is 0.206. The second kappa shape index (κ2) is 4.86.